The summed E-state index contributed by atoms with van der Waals surface area (Å²) in [5, 5.41) is 7.40. The summed E-state index contributed by atoms with van der Waals surface area (Å²) >= 11 is 9.28. The summed E-state index contributed by atoms with van der Waals surface area (Å²) in [6.07, 6.45) is 2.98. The minimum atomic E-state index is -0.672. The van der Waals surface area contributed by atoms with Crippen LogP contribution in [0.3, 0.4) is 0 Å². The van der Waals surface area contributed by atoms with Gasteiger partial charge in [-0.2, -0.15) is 5.10 Å². The molecule has 1 amide bonds. The van der Waals surface area contributed by atoms with Gasteiger partial charge in [0.25, 0.3) is 0 Å². The smallest absolute Gasteiger partial charge is 0.240 e. The van der Waals surface area contributed by atoms with Crippen LogP contribution in [0.15, 0.2) is 30.9 Å². The second kappa shape index (κ2) is 5.30. The van der Waals surface area contributed by atoms with Crippen LogP contribution in [0.5, 0.6) is 0 Å². The SMILES string of the molecule is CC(C)(Br)C(=O)Nc1cc(Cl)ccc1-n1cncn1. The highest BCUT2D eigenvalue weighted by molar-refractivity contribution is 9.10. The van der Waals surface area contributed by atoms with Gasteiger partial charge in [-0.3, -0.25) is 4.79 Å². The molecule has 100 valence electrons. The zero-order valence-electron chi connectivity index (χ0n) is 10.4. The molecule has 0 atom stereocenters. The van der Waals surface area contributed by atoms with Gasteiger partial charge in [-0.1, -0.05) is 27.5 Å². The number of carbonyl (C=O) groups is 1. The van der Waals surface area contributed by atoms with E-state index >= 15 is 0 Å². The van der Waals surface area contributed by atoms with Crippen LogP contribution in [0.25, 0.3) is 5.69 Å². The average Bonchev–Trinajstić information content (AvgIpc) is 2.81. The molecule has 0 aliphatic heterocycles. The largest absolute Gasteiger partial charge is 0.323 e. The second-order valence-corrected chi connectivity index (χ2v) is 6.85. The van der Waals surface area contributed by atoms with Crippen LogP contribution in [-0.2, 0) is 4.79 Å². The van der Waals surface area contributed by atoms with Crippen LogP contribution in [0, 0.1) is 0 Å². The summed E-state index contributed by atoms with van der Waals surface area (Å²) in [6, 6.07) is 5.18. The lowest BCUT2D eigenvalue weighted by atomic mass is 10.2. The number of hydrogen-bond acceptors (Lipinski definition) is 3. The first-order chi connectivity index (χ1) is 8.88. The normalized spacial score (nSPS) is 11.4. The van der Waals surface area contributed by atoms with Gasteiger partial charge >= 0.3 is 0 Å². The van der Waals surface area contributed by atoms with Crippen molar-refractivity contribution in [3.8, 4) is 5.69 Å². The van der Waals surface area contributed by atoms with Gasteiger partial charge in [0.2, 0.25) is 5.91 Å². The quantitative estimate of drug-likeness (QED) is 0.871. The van der Waals surface area contributed by atoms with E-state index in [9.17, 15) is 4.79 Å². The lowest BCUT2D eigenvalue weighted by Gasteiger charge is -2.18. The maximum Gasteiger partial charge on any atom is 0.240 e. The molecule has 0 bridgehead atoms. The van der Waals surface area contributed by atoms with Gasteiger partial charge in [0.05, 0.1) is 15.7 Å². The van der Waals surface area contributed by atoms with Crippen molar-refractivity contribution in [1.82, 2.24) is 14.8 Å². The average molecular weight is 344 g/mol. The zero-order chi connectivity index (χ0) is 14.0. The van der Waals surface area contributed by atoms with E-state index in [2.05, 4.69) is 31.3 Å². The molecule has 0 unspecified atom stereocenters. The van der Waals surface area contributed by atoms with Crippen LogP contribution in [0.1, 0.15) is 13.8 Å². The maximum atomic E-state index is 12.0. The topological polar surface area (TPSA) is 59.8 Å². The number of aromatic nitrogens is 3. The first-order valence-corrected chi connectivity index (χ1v) is 6.70. The summed E-state index contributed by atoms with van der Waals surface area (Å²) in [5.41, 5.74) is 1.28. The van der Waals surface area contributed by atoms with Gasteiger partial charge in [-0.15, -0.1) is 0 Å². The third-order valence-corrected chi connectivity index (χ3v) is 3.01. The molecule has 1 aromatic heterocycles. The van der Waals surface area contributed by atoms with Crippen molar-refractivity contribution in [2.24, 2.45) is 0 Å². The Hall–Kier alpha value is -1.40. The molecule has 7 heteroatoms. The fourth-order valence-electron chi connectivity index (χ4n) is 1.41. The Morgan fingerprint density at radius 2 is 2.21 bits per heavy atom. The Morgan fingerprint density at radius 3 is 2.79 bits per heavy atom. The molecular weight excluding hydrogens is 332 g/mol. The van der Waals surface area contributed by atoms with Gasteiger partial charge in [-0.05, 0) is 32.0 Å². The molecule has 0 spiro atoms. The summed E-state index contributed by atoms with van der Waals surface area (Å²) < 4.78 is 0.891. The van der Waals surface area contributed by atoms with E-state index < -0.39 is 4.32 Å². The number of nitrogens with one attached hydrogen (secondary N) is 1. The number of halogens is 2. The number of nitrogens with zero attached hydrogens (tertiary/aromatic N) is 3. The van der Waals surface area contributed by atoms with Crippen molar-refractivity contribution in [3.05, 3.63) is 35.9 Å². The molecule has 0 fully saturated rings. The van der Waals surface area contributed by atoms with E-state index in [0.717, 1.165) is 0 Å². The second-order valence-electron chi connectivity index (χ2n) is 4.43. The highest BCUT2D eigenvalue weighted by atomic mass is 79.9. The Balaban J connectivity index is 2.39. The maximum absolute atomic E-state index is 12.0. The number of carbonyl (C=O) groups excluding carboxylic acids is 1. The van der Waals surface area contributed by atoms with Crippen molar-refractivity contribution in [3.63, 3.8) is 0 Å². The molecule has 2 rings (SSSR count). The van der Waals surface area contributed by atoms with E-state index in [1.54, 1.807) is 43.1 Å². The van der Waals surface area contributed by atoms with Gasteiger partial charge in [0, 0.05) is 5.02 Å². The fraction of sp³-hybridized carbons (Fsp3) is 0.250. The zero-order valence-corrected chi connectivity index (χ0v) is 12.7. The first kappa shape index (κ1) is 14.0. The molecule has 0 aliphatic rings. The van der Waals surface area contributed by atoms with Crippen LogP contribution in [-0.4, -0.2) is 25.0 Å². The third-order valence-electron chi connectivity index (χ3n) is 2.41. The van der Waals surface area contributed by atoms with E-state index in [1.165, 1.54) is 6.33 Å². The number of anilines is 1. The Kier molecular flexibility index (Phi) is 3.91. The molecule has 19 heavy (non-hydrogen) atoms. The standard InChI is InChI=1S/C12H12BrClN4O/c1-12(2,13)11(19)17-9-5-8(14)3-4-10(9)18-7-15-6-16-18/h3-7H,1-2H3,(H,17,19). The molecule has 1 N–H and O–H groups in total. The Bertz CT molecular complexity index is 592. The number of benzene rings is 1. The third kappa shape index (κ3) is 3.33. The fourth-order valence-corrected chi connectivity index (χ4v) is 1.68. The minimum Gasteiger partial charge on any atom is -0.323 e. The van der Waals surface area contributed by atoms with Gasteiger partial charge < -0.3 is 5.32 Å². The van der Waals surface area contributed by atoms with E-state index in [-0.39, 0.29) is 5.91 Å². The van der Waals surface area contributed by atoms with Crippen LogP contribution in [0.2, 0.25) is 5.02 Å². The number of rotatable bonds is 3. The molecule has 2 aromatic rings. The van der Waals surface area contributed by atoms with Crippen molar-refractivity contribution in [2.45, 2.75) is 18.2 Å². The number of alkyl halides is 1. The van der Waals surface area contributed by atoms with E-state index in [4.69, 9.17) is 11.6 Å². The van der Waals surface area contributed by atoms with Crippen LogP contribution in [0.4, 0.5) is 5.69 Å². The summed E-state index contributed by atoms with van der Waals surface area (Å²) in [7, 11) is 0. The molecule has 1 aromatic carbocycles. The molecule has 0 aliphatic carbocycles. The van der Waals surface area contributed by atoms with Crippen molar-refractivity contribution < 1.29 is 4.79 Å². The predicted molar refractivity (Wildman–Crippen MR) is 78.0 cm³/mol. The molecule has 0 radical (unpaired) electrons. The number of hydrogen-bond donors (Lipinski definition) is 1. The molecular formula is C12H12BrClN4O. The minimum absolute atomic E-state index is 0.170. The lowest BCUT2D eigenvalue weighted by molar-refractivity contribution is -0.117. The van der Waals surface area contributed by atoms with Crippen molar-refractivity contribution in [2.75, 3.05) is 5.32 Å². The lowest BCUT2D eigenvalue weighted by Crippen LogP contribution is -2.31. The Morgan fingerprint density at radius 1 is 1.47 bits per heavy atom. The monoisotopic (exact) mass is 342 g/mol. The molecule has 0 saturated heterocycles. The van der Waals surface area contributed by atoms with Gasteiger partial charge in [-0.25, -0.2) is 9.67 Å². The summed E-state index contributed by atoms with van der Waals surface area (Å²) in [4.78, 5) is 15.9. The van der Waals surface area contributed by atoms with Gasteiger partial charge in [0.15, 0.2) is 0 Å². The molecule has 5 nitrogen and oxygen atoms in total. The molecule has 1 heterocycles. The predicted octanol–water partition coefficient (Wildman–Crippen LogP) is 3.03. The van der Waals surface area contributed by atoms with E-state index in [0.29, 0.717) is 16.4 Å². The highest BCUT2D eigenvalue weighted by Crippen LogP contribution is 2.26. The van der Waals surface area contributed by atoms with Gasteiger partial charge in [0.1, 0.15) is 12.7 Å². The summed E-state index contributed by atoms with van der Waals surface area (Å²) in [5.74, 6) is -0.170. The van der Waals surface area contributed by atoms with E-state index in [1.807, 2.05) is 0 Å². The first-order valence-electron chi connectivity index (χ1n) is 5.53. The molecule has 0 saturated carbocycles. The summed E-state index contributed by atoms with van der Waals surface area (Å²) in [6.45, 7) is 3.53. The van der Waals surface area contributed by atoms with Crippen molar-refractivity contribution >= 4 is 39.1 Å². The van der Waals surface area contributed by atoms with Crippen LogP contribution < -0.4 is 5.32 Å². The highest BCUT2D eigenvalue weighted by Gasteiger charge is 2.24. The Labute approximate surface area is 124 Å². The van der Waals surface area contributed by atoms with Crippen LogP contribution >= 0.6 is 27.5 Å². The number of amides is 1. The van der Waals surface area contributed by atoms with Crippen molar-refractivity contribution in [1.29, 1.82) is 0 Å².